The molecule has 162 valence electrons. The van der Waals surface area contributed by atoms with Crippen LogP contribution in [0.4, 0.5) is 11.4 Å². The number of carbonyl (C=O) groups is 1. The van der Waals surface area contributed by atoms with Crippen LogP contribution in [0.25, 0.3) is 0 Å². The molecule has 1 heterocycles. The van der Waals surface area contributed by atoms with Gasteiger partial charge in [-0.2, -0.15) is 0 Å². The highest BCUT2D eigenvalue weighted by Gasteiger charge is 2.17. The quantitative estimate of drug-likeness (QED) is 0.685. The van der Waals surface area contributed by atoms with Crippen LogP contribution in [-0.4, -0.2) is 43.5 Å². The lowest BCUT2D eigenvalue weighted by molar-refractivity contribution is -0.116. The molecule has 0 unspecified atom stereocenters. The van der Waals surface area contributed by atoms with Crippen LogP contribution in [0.2, 0.25) is 0 Å². The highest BCUT2D eigenvalue weighted by Crippen LogP contribution is 2.19. The normalized spacial score (nSPS) is 13.5. The lowest BCUT2D eigenvalue weighted by Crippen LogP contribution is -2.45. The van der Waals surface area contributed by atoms with Gasteiger partial charge in [-0.15, -0.1) is 37.2 Å². The van der Waals surface area contributed by atoms with Crippen molar-refractivity contribution in [3.63, 3.8) is 0 Å². The van der Waals surface area contributed by atoms with Crippen LogP contribution in [0.15, 0.2) is 48.5 Å². The molecule has 2 aromatic rings. The van der Waals surface area contributed by atoms with Crippen molar-refractivity contribution < 1.29 is 4.79 Å². The summed E-state index contributed by atoms with van der Waals surface area (Å²) in [6.45, 7) is 7.68. The second-order valence-electron chi connectivity index (χ2n) is 6.89. The average molecular weight is 462 g/mol. The molecule has 8 heteroatoms. The molecule has 0 saturated carbocycles. The Balaban J connectivity index is 0.00000261. The summed E-state index contributed by atoms with van der Waals surface area (Å²) in [5, 5.41) is 2.86. The molecular formula is C21H31Cl3N4O. The molecule has 0 aliphatic carbocycles. The fraction of sp³-hybridized carbons (Fsp3) is 0.381. The van der Waals surface area contributed by atoms with Gasteiger partial charge in [0.2, 0.25) is 5.91 Å². The fourth-order valence-corrected chi connectivity index (χ4v) is 3.30. The monoisotopic (exact) mass is 460 g/mol. The van der Waals surface area contributed by atoms with Gasteiger partial charge in [0, 0.05) is 57.1 Å². The van der Waals surface area contributed by atoms with E-state index in [1.54, 1.807) is 0 Å². The summed E-state index contributed by atoms with van der Waals surface area (Å²) in [5.41, 5.74) is 10.1. The summed E-state index contributed by atoms with van der Waals surface area (Å²) in [7, 11) is 0. The third-order valence-electron chi connectivity index (χ3n) is 4.75. The van der Waals surface area contributed by atoms with Crippen LogP contribution in [0.5, 0.6) is 0 Å². The first kappa shape index (κ1) is 27.5. The molecular weight excluding hydrogens is 431 g/mol. The summed E-state index contributed by atoms with van der Waals surface area (Å²) >= 11 is 0. The SMILES string of the molecule is Cc1cccc(N2CCN(Cc3ccc(NC(=O)CCN)cc3)CC2)c1.Cl.Cl.Cl. The lowest BCUT2D eigenvalue weighted by atomic mass is 10.1. The molecule has 1 fully saturated rings. The van der Waals surface area contributed by atoms with Crippen LogP contribution in [0, 0.1) is 6.92 Å². The molecule has 1 saturated heterocycles. The zero-order valence-corrected chi connectivity index (χ0v) is 19.1. The third kappa shape index (κ3) is 8.41. The number of anilines is 2. The van der Waals surface area contributed by atoms with Gasteiger partial charge in [0.25, 0.3) is 0 Å². The molecule has 0 atom stereocenters. The predicted molar refractivity (Wildman–Crippen MR) is 129 cm³/mol. The highest BCUT2D eigenvalue weighted by molar-refractivity contribution is 5.90. The zero-order chi connectivity index (χ0) is 18.4. The Labute approximate surface area is 192 Å². The van der Waals surface area contributed by atoms with Crippen LogP contribution in [-0.2, 0) is 11.3 Å². The fourth-order valence-electron chi connectivity index (χ4n) is 3.30. The van der Waals surface area contributed by atoms with E-state index in [9.17, 15) is 4.79 Å². The van der Waals surface area contributed by atoms with Gasteiger partial charge in [-0.3, -0.25) is 9.69 Å². The average Bonchev–Trinajstić information content (AvgIpc) is 2.64. The number of amides is 1. The van der Waals surface area contributed by atoms with Crippen LogP contribution in [0.1, 0.15) is 17.5 Å². The molecule has 0 radical (unpaired) electrons. The van der Waals surface area contributed by atoms with Gasteiger partial charge in [-0.25, -0.2) is 0 Å². The Morgan fingerprint density at radius 3 is 2.24 bits per heavy atom. The Bertz CT molecular complexity index is 735. The van der Waals surface area contributed by atoms with Gasteiger partial charge < -0.3 is 16.0 Å². The van der Waals surface area contributed by atoms with E-state index in [-0.39, 0.29) is 43.1 Å². The Morgan fingerprint density at radius 1 is 1.00 bits per heavy atom. The molecule has 2 aromatic carbocycles. The van der Waals surface area contributed by atoms with E-state index in [1.165, 1.54) is 16.8 Å². The van der Waals surface area contributed by atoms with Crippen molar-refractivity contribution in [2.75, 3.05) is 42.9 Å². The summed E-state index contributed by atoms with van der Waals surface area (Å²) in [6, 6.07) is 16.8. The zero-order valence-electron chi connectivity index (χ0n) is 16.7. The molecule has 1 aliphatic heterocycles. The number of benzene rings is 2. The van der Waals surface area contributed by atoms with E-state index in [4.69, 9.17) is 5.73 Å². The number of nitrogens with one attached hydrogen (secondary N) is 1. The molecule has 0 aromatic heterocycles. The number of rotatable bonds is 6. The smallest absolute Gasteiger partial charge is 0.225 e. The molecule has 5 nitrogen and oxygen atoms in total. The number of nitrogens with two attached hydrogens (primary N) is 1. The maximum Gasteiger partial charge on any atom is 0.225 e. The van der Waals surface area contributed by atoms with Gasteiger partial charge in [-0.05, 0) is 42.3 Å². The molecule has 0 bridgehead atoms. The van der Waals surface area contributed by atoms with E-state index >= 15 is 0 Å². The number of aryl methyl sites for hydroxylation is 1. The summed E-state index contributed by atoms with van der Waals surface area (Å²) in [4.78, 5) is 16.5. The van der Waals surface area contributed by atoms with E-state index in [2.05, 4.69) is 58.4 Å². The Kier molecular flexibility index (Phi) is 13.0. The van der Waals surface area contributed by atoms with Gasteiger partial charge in [0.15, 0.2) is 0 Å². The van der Waals surface area contributed by atoms with Crippen molar-refractivity contribution in [1.82, 2.24) is 4.90 Å². The van der Waals surface area contributed by atoms with Gasteiger partial charge in [0.1, 0.15) is 0 Å². The molecule has 1 aliphatic rings. The number of nitrogens with zero attached hydrogens (tertiary/aromatic N) is 2. The Hall–Kier alpha value is -1.50. The Morgan fingerprint density at radius 2 is 1.66 bits per heavy atom. The molecule has 0 spiro atoms. The summed E-state index contributed by atoms with van der Waals surface area (Å²) in [5.74, 6) is -0.0347. The second-order valence-corrected chi connectivity index (χ2v) is 6.89. The molecule has 3 N–H and O–H groups in total. The standard InChI is InChI=1S/C21H28N4O.3ClH/c1-17-3-2-4-20(15-17)25-13-11-24(12-14-25)16-18-5-7-19(8-6-18)23-21(26)9-10-22;;;/h2-8,15H,9-14,16,22H2,1H3,(H,23,26);3*1H. The van der Waals surface area contributed by atoms with Gasteiger partial charge >= 0.3 is 0 Å². The largest absolute Gasteiger partial charge is 0.369 e. The van der Waals surface area contributed by atoms with Crippen molar-refractivity contribution in [3.05, 3.63) is 59.7 Å². The number of piperazine rings is 1. The summed E-state index contributed by atoms with van der Waals surface area (Å²) in [6.07, 6.45) is 0.354. The highest BCUT2D eigenvalue weighted by atomic mass is 35.5. The number of hydrogen-bond donors (Lipinski definition) is 2. The number of carbonyl (C=O) groups excluding carboxylic acids is 1. The van der Waals surface area contributed by atoms with Crippen LogP contribution >= 0.6 is 37.2 Å². The molecule has 3 rings (SSSR count). The van der Waals surface area contributed by atoms with E-state index in [0.717, 1.165) is 38.4 Å². The maximum absolute atomic E-state index is 11.6. The van der Waals surface area contributed by atoms with Gasteiger partial charge in [-0.1, -0.05) is 24.3 Å². The molecule has 1 amide bonds. The van der Waals surface area contributed by atoms with E-state index in [0.29, 0.717) is 13.0 Å². The van der Waals surface area contributed by atoms with Crippen molar-refractivity contribution in [3.8, 4) is 0 Å². The molecule has 29 heavy (non-hydrogen) atoms. The van der Waals surface area contributed by atoms with E-state index < -0.39 is 0 Å². The van der Waals surface area contributed by atoms with Crippen LogP contribution < -0.4 is 16.0 Å². The van der Waals surface area contributed by atoms with Gasteiger partial charge in [0.05, 0.1) is 0 Å². The summed E-state index contributed by atoms with van der Waals surface area (Å²) < 4.78 is 0. The van der Waals surface area contributed by atoms with Crippen molar-refractivity contribution in [2.45, 2.75) is 19.9 Å². The lowest BCUT2D eigenvalue weighted by Gasteiger charge is -2.36. The van der Waals surface area contributed by atoms with E-state index in [1.807, 2.05) is 12.1 Å². The van der Waals surface area contributed by atoms with Crippen LogP contribution in [0.3, 0.4) is 0 Å². The van der Waals surface area contributed by atoms with Crippen molar-refractivity contribution in [1.29, 1.82) is 0 Å². The first-order valence-electron chi connectivity index (χ1n) is 9.27. The minimum Gasteiger partial charge on any atom is -0.369 e. The first-order chi connectivity index (χ1) is 12.6. The second kappa shape index (κ2) is 13.7. The van der Waals surface area contributed by atoms with Crippen molar-refractivity contribution >= 4 is 54.5 Å². The number of halogens is 3. The minimum absolute atomic E-state index is 0. The van der Waals surface area contributed by atoms with Crippen molar-refractivity contribution in [2.24, 2.45) is 5.73 Å². The predicted octanol–water partition coefficient (Wildman–Crippen LogP) is 3.87. The number of hydrogen-bond acceptors (Lipinski definition) is 4. The third-order valence-corrected chi connectivity index (χ3v) is 4.75. The first-order valence-corrected chi connectivity index (χ1v) is 9.27. The minimum atomic E-state index is -0.0347. The topological polar surface area (TPSA) is 61.6 Å². The maximum atomic E-state index is 11.6.